The van der Waals surface area contributed by atoms with Gasteiger partial charge in [-0.25, -0.2) is 0 Å². The first-order valence-corrected chi connectivity index (χ1v) is 7.72. The Balaban J connectivity index is 1.93. The third kappa shape index (κ3) is 2.56. The van der Waals surface area contributed by atoms with E-state index < -0.39 is 0 Å². The van der Waals surface area contributed by atoms with E-state index in [0.717, 1.165) is 19.3 Å². The smallest absolute Gasteiger partial charge is 0.0564 e. The van der Waals surface area contributed by atoms with Gasteiger partial charge in [-0.15, -0.1) is 0 Å². The lowest BCUT2D eigenvalue weighted by atomic mass is 9.76. The lowest BCUT2D eigenvalue weighted by Gasteiger charge is -2.46. The predicted octanol–water partition coefficient (Wildman–Crippen LogP) is 3.32. The number of nitrogens with zero attached hydrogens (tertiary/aromatic N) is 1. The Hall–Kier alpha value is -1.80. The van der Waals surface area contributed by atoms with Gasteiger partial charge in [-0.05, 0) is 49.4 Å². The van der Waals surface area contributed by atoms with Crippen LogP contribution in [0.5, 0.6) is 0 Å². The van der Waals surface area contributed by atoms with E-state index in [1.54, 1.807) is 0 Å². The van der Waals surface area contributed by atoms with Crippen molar-refractivity contribution in [1.29, 1.82) is 0 Å². The van der Waals surface area contributed by atoms with Gasteiger partial charge in [0.25, 0.3) is 0 Å². The second kappa shape index (κ2) is 5.53. The first-order valence-electron chi connectivity index (χ1n) is 7.72. The molecule has 1 atom stereocenters. The fourth-order valence-electron chi connectivity index (χ4n) is 3.42. The molecule has 0 fully saturated rings. The van der Waals surface area contributed by atoms with Crippen LogP contribution in [0.4, 0.5) is 5.69 Å². The molecular weight excluding hydrogens is 256 g/mol. The van der Waals surface area contributed by atoms with Crippen molar-refractivity contribution in [3.63, 3.8) is 0 Å². The van der Waals surface area contributed by atoms with E-state index in [1.165, 1.54) is 22.4 Å². The minimum Gasteiger partial charge on any atom is -0.367 e. The summed E-state index contributed by atoms with van der Waals surface area (Å²) in [7, 11) is 2.19. The number of fused-ring (bicyclic) bond motifs is 1. The molecule has 1 aliphatic carbocycles. The second-order valence-corrected chi connectivity index (χ2v) is 6.27. The van der Waals surface area contributed by atoms with Gasteiger partial charge >= 0.3 is 0 Å². The molecule has 0 amide bonds. The van der Waals surface area contributed by atoms with E-state index in [0.29, 0.717) is 6.54 Å². The molecule has 21 heavy (non-hydrogen) atoms. The highest BCUT2D eigenvalue weighted by Crippen LogP contribution is 2.34. The number of benzene rings is 2. The van der Waals surface area contributed by atoms with Crippen LogP contribution >= 0.6 is 0 Å². The molecule has 2 nitrogen and oxygen atoms in total. The van der Waals surface area contributed by atoms with Gasteiger partial charge in [0.15, 0.2) is 0 Å². The fraction of sp³-hybridized carbons (Fsp3) is 0.368. The Morgan fingerprint density at radius 3 is 2.38 bits per heavy atom. The zero-order valence-electron chi connectivity index (χ0n) is 13.0. The number of likely N-dealkylation sites (N-methyl/N-ethyl adjacent to an activating group) is 1. The van der Waals surface area contributed by atoms with Crippen molar-refractivity contribution in [2.45, 2.75) is 31.7 Å². The van der Waals surface area contributed by atoms with Crippen molar-refractivity contribution in [3.05, 3.63) is 65.2 Å². The van der Waals surface area contributed by atoms with Crippen molar-refractivity contribution in [3.8, 4) is 0 Å². The SMILES string of the molecule is Cc1ccc(N(C)C2(CN)CCc3ccccc3C2)cc1. The van der Waals surface area contributed by atoms with E-state index in [4.69, 9.17) is 5.73 Å². The van der Waals surface area contributed by atoms with Crippen LogP contribution in [0.15, 0.2) is 48.5 Å². The van der Waals surface area contributed by atoms with Crippen LogP contribution in [0.3, 0.4) is 0 Å². The summed E-state index contributed by atoms with van der Waals surface area (Å²) in [5.74, 6) is 0. The van der Waals surface area contributed by atoms with E-state index in [-0.39, 0.29) is 5.54 Å². The van der Waals surface area contributed by atoms with E-state index in [9.17, 15) is 0 Å². The molecule has 0 aromatic heterocycles. The molecule has 0 radical (unpaired) electrons. The van der Waals surface area contributed by atoms with Gasteiger partial charge in [0.1, 0.15) is 0 Å². The third-order valence-electron chi connectivity index (χ3n) is 5.01. The molecule has 1 unspecified atom stereocenters. The molecule has 110 valence electrons. The van der Waals surface area contributed by atoms with Gasteiger partial charge in [-0.3, -0.25) is 0 Å². The maximum absolute atomic E-state index is 6.22. The zero-order valence-corrected chi connectivity index (χ0v) is 13.0. The summed E-state index contributed by atoms with van der Waals surface area (Å²) in [5.41, 5.74) is 11.7. The Morgan fingerprint density at radius 1 is 1.05 bits per heavy atom. The van der Waals surface area contributed by atoms with Gasteiger partial charge in [0.2, 0.25) is 0 Å². The van der Waals surface area contributed by atoms with Gasteiger partial charge in [0.05, 0.1) is 5.54 Å². The minimum atomic E-state index is 0.0314. The average molecular weight is 280 g/mol. The summed E-state index contributed by atoms with van der Waals surface area (Å²) >= 11 is 0. The molecule has 0 heterocycles. The van der Waals surface area contributed by atoms with Gasteiger partial charge in [-0.2, -0.15) is 0 Å². The van der Waals surface area contributed by atoms with Gasteiger partial charge in [0, 0.05) is 19.3 Å². The Bertz CT molecular complexity index is 618. The van der Waals surface area contributed by atoms with Crippen molar-refractivity contribution in [2.24, 2.45) is 5.73 Å². The highest BCUT2D eigenvalue weighted by atomic mass is 15.2. The summed E-state index contributed by atoms with van der Waals surface area (Å²) in [6, 6.07) is 17.5. The molecule has 1 aliphatic rings. The Morgan fingerprint density at radius 2 is 1.71 bits per heavy atom. The minimum absolute atomic E-state index is 0.0314. The predicted molar refractivity (Wildman–Crippen MR) is 89.8 cm³/mol. The summed E-state index contributed by atoms with van der Waals surface area (Å²) in [4.78, 5) is 2.39. The second-order valence-electron chi connectivity index (χ2n) is 6.27. The Labute approximate surface area is 127 Å². The van der Waals surface area contributed by atoms with E-state index >= 15 is 0 Å². The summed E-state index contributed by atoms with van der Waals surface area (Å²) < 4.78 is 0. The summed E-state index contributed by atoms with van der Waals surface area (Å²) in [5, 5.41) is 0. The fourth-order valence-corrected chi connectivity index (χ4v) is 3.42. The first kappa shape index (κ1) is 14.2. The summed E-state index contributed by atoms with van der Waals surface area (Å²) in [6.45, 7) is 2.81. The van der Waals surface area contributed by atoms with Crippen LogP contribution < -0.4 is 10.6 Å². The van der Waals surface area contributed by atoms with Crippen LogP contribution in [0.1, 0.15) is 23.1 Å². The number of rotatable bonds is 3. The van der Waals surface area contributed by atoms with Gasteiger partial charge < -0.3 is 10.6 Å². The normalized spacial score (nSPS) is 20.9. The highest BCUT2D eigenvalue weighted by molar-refractivity contribution is 5.51. The maximum atomic E-state index is 6.22. The quantitative estimate of drug-likeness (QED) is 0.934. The maximum Gasteiger partial charge on any atom is 0.0564 e. The van der Waals surface area contributed by atoms with E-state index in [2.05, 4.69) is 67.4 Å². The van der Waals surface area contributed by atoms with Gasteiger partial charge in [-0.1, -0.05) is 42.0 Å². The van der Waals surface area contributed by atoms with Crippen molar-refractivity contribution in [1.82, 2.24) is 0 Å². The largest absolute Gasteiger partial charge is 0.367 e. The number of nitrogens with two attached hydrogens (primary N) is 1. The molecule has 2 N–H and O–H groups in total. The molecule has 2 aromatic rings. The Kier molecular flexibility index (Phi) is 3.73. The molecule has 0 spiro atoms. The average Bonchev–Trinajstić information content (AvgIpc) is 2.54. The monoisotopic (exact) mass is 280 g/mol. The molecule has 0 saturated heterocycles. The molecule has 0 bridgehead atoms. The topological polar surface area (TPSA) is 29.3 Å². The van der Waals surface area contributed by atoms with Crippen molar-refractivity contribution in [2.75, 3.05) is 18.5 Å². The van der Waals surface area contributed by atoms with E-state index in [1.807, 2.05) is 0 Å². The van der Waals surface area contributed by atoms with Crippen LogP contribution in [-0.2, 0) is 12.8 Å². The number of hydrogen-bond acceptors (Lipinski definition) is 2. The lowest BCUT2D eigenvalue weighted by Crippen LogP contribution is -2.56. The molecule has 0 saturated carbocycles. The molecule has 2 aromatic carbocycles. The number of aryl methyl sites for hydroxylation is 2. The molecule has 3 rings (SSSR count). The molecule has 0 aliphatic heterocycles. The third-order valence-corrected chi connectivity index (χ3v) is 5.01. The van der Waals surface area contributed by atoms with Crippen LogP contribution in [-0.4, -0.2) is 19.1 Å². The molecule has 2 heteroatoms. The van der Waals surface area contributed by atoms with Crippen LogP contribution in [0.25, 0.3) is 0 Å². The zero-order chi connectivity index (χ0) is 14.9. The standard InChI is InChI=1S/C19H24N2/c1-15-7-9-18(10-8-15)21(2)19(14-20)12-11-16-5-3-4-6-17(16)13-19/h3-10H,11-14,20H2,1-2H3. The highest BCUT2D eigenvalue weighted by Gasteiger charge is 2.37. The van der Waals surface area contributed by atoms with Crippen molar-refractivity contribution >= 4 is 5.69 Å². The summed E-state index contributed by atoms with van der Waals surface area (Å²) in [6.07, 6.45) is 3.26. The van der Waals surface area contributed by atoms with Crippen molar-refractivity contribution < 1.29 is 0 Å². The van der Waals surface area contributed by atoms with Crippen LogP contribution in [0.2, 0.25) is 0 Å². The number of hydrogen-bond donors (Lipinski definition) is 1. The number of anilines is 1. The van der Waals surface area contributed by atoms with Crippen LogP contribution in [0, 0.1) is 6.92 Å². The molecular formula is C19H24N2. The first-order chi connectivity index (χ1) is 10.1. The lowest BCUT2D eigenvalue weighted by molar-refractivity contribution is 0.363.